The maximum absolute atomic E-state index is 9.44. The molecule has 2 heteroatoms. The topological polar surface area (TPSA) is 43.1 Å². The second-order valence-corrected chi connectivity index (χ2v) is 3.85. The van der Waals surface area contributed by atoms with E-state index >= 15 is 0 Å². The Morgan fingerprint density at radius 3 is 2.00 bits per heavy atom. The number of ketones is 1. The van der Waals surface area contributed by atoms with E-state index in [1.54, 1.807) is 0 Å². The summed E-state index contributed by atoms with van der Waals surface area (Å²) in [4.78, 5) is 9.44. The van der Waals surface area contributed by atoms with E-state index in [0.29, 0.717) is 0 Å². The highest BCUT2D eigenvalue weighted by Gasteiger charge is 2.22. The van der Waals surface area contributed by atoms with Gasteiger partial charge in [0.05, 0.1) is 0 Å². The molecular formula is C12H17NO. The zero-order valence-electron chi connectivity index (χ0n) is 8.79. The van der Waals surface area contributed by atoms with Crippen molar-refractivity contribution in [2.75, 3.05) is 5.73 Å². The third-order valence-corrected chi connectivity index (χ3v) is 1.99. The highest BCUT2D eigenvalue weighted by atomic mass is 16.1. The lowest BCUT2D eigenvalue weighted by Gasteiger charge is -1.96. The van der Waals surface area contributed by atoms with Gasteiger partial charge >= 0.3 is 0 Å². The molecule has 0 unspecified atom stereocenters. The van der Waals surface area contributed by atoms with Crippen LogP contribution in [0.15, 0.2) is 24.3 Å². The molecule has 14 heavy (non-hydrogen) atoms. The first-order valence-corrected chi connectivity index (χ1v) is 4.92. The average molecular weight is 191 g/mol. The summed E-state index contributed by atoms with van der Waals surface area (Å²) in [6, 6.07) is 8.22. The molecule has 0 spiro atoms. The molecule has 1 aliphatic rings. The van der Waals surface area contributed by atoms with Crippen LogP contribution in [-0.2, 0) is 4.79 Å². The number of anilines is 1. The molecule has 2 rings (SSSR count). The van der Waals surface area contributed by atoms with Gasteiger partial charge in [-0.05, 0) is 50.3 Å². The molecular weight excluding hydrogens is 174 g/mol. The van der Waals surface area contributed by atoms with Gasteiger partial charge in [-0.1, -0.05) is 12.1 Å². The molecule has 0 atom stereocenters. The van der Waals surface area contributed by atoms with Crippen LogP contribution in [0.1, 0.15) is 38.2 Å². The maximum atomic E-state index is 9.44. The summed E-state index contributed by atoms with van der Waals surface area (Å²) >= 11 is 0. The fourth-order valence-corrected chi connectivity index (χ4v) is 1.18. The smallest absolute Gasteiger partial charge is 0.126 e. The lowest BCUT2D eigenvalue weighted by atomic mass is 10.1. The van der Waals surface area contributed by atoms with Gasteiger partial charge in [-0.2, -0.15) is 0 Å². The van der Waals surface area contributed by atoms with Crippen molar-refractivity contribution in [2.24, 2.45) is 0 Å². The number of Topliss-reactive ketones (excluding diaryl/α,β-unsaturated/α-hetero) is 1. The zero-order chi connectivity index (χ0) is 10.6. The summed E-state index contributed by atoms with van der Waals surface area (Å²) in [7, 11) is 0. The predicted molar refractivity (Wildman–Crippen MR) is 59.2 cm³/mol. The van der Waals surface area contributed by atoms with Crippen LogP contribution < -0.4 is 5.73 Å². The largest absolute Gasteiger partial charge is 0.399 e. The van der Waals surface area contributed by atoms with Crippen molar-refractivity contribution in [1.82, 2.24) is 0 Å². The van der Waals surface area contributed by atoms with Crippen LogP contribution in [0, 0.1) is 0 Å². The SMILES string of the molecule is CC(C)=O.Nc1ccc(C2CC2)cc1. The molecule has 0 heterocycles. The normalized spacial score (nSPS) is 14.1. The van der Waals surface area contributed by atoms with Gasteiger partial charge in [0.15, 0.2) is 0 Å². The Hall–Kier alpha value is -1.31. The standard InChI is InChI=1S/C9H11N.C3H6O/c10-9-5-3-8(4-6-9)7-1-2-7;1-3(2)4/h3-7H,1-2,10H2;1-2H3. The van der Waals surface area contributed by atoms with E-state index < -0.39 is 0 Å². The monoisotopic (exact) mass is 191 g/mol. The van der Waals surface area contributed by atoms with Crippen LogP contribution >= 0.6 is 0 Å². The third-order valence-electron chi connectivity index (χ3n) is 1.99. The van der Waals surface area contributed by atoms with Gasteiger partial charge in [0.1, 0.15) is 5.78 Å². The van der Waals surface area contributed by atoms with Crippen molar-refractivity contribution in [3.05, 3.63) is 29.8 Å². The Kier molecular flexibility index (Phi) is 3.69. The fourth-order valence-electron chi connectivity index (χ4n) is 1.18. The quantitative estimate of drug-likeness (QED) is 0.693. The van der Waals surface area contributed by atoms with E-state index in [4.69, 9.17) is 5.73 Å². The van der Waals surface area contributed by atoms with Crippen LogP contribution in [-0.4, -0.2) is 5.78 Å². The first-order valence-electron chi connectivity index (χ1n) is 4.92. The minimum absolute atomic E-state index is 0.167. The lowest BCUT2D eigenvalue weighted by molar-refractivity contribution is -0.114. The minimum atomic E-state index is 0.167. The van der Waals surface area contributed by atoms with Crippen LogP contribution in [0.25, 0.3) is 0 Å². The van der Waals surface area contributed by atoms with E-state index in [2.05, 4.69) is 12.1 Å². The number of benzene rings is 1. The van der Waals surface area contributed by atoms with E-state index in [1.807, 2.05) is 12.1 Å². The molecule has 0 aromatic heterocycles. The molecule has 1 saturated carbocycles. The van der Waals surface area contributed by atoms with Crippen LogP contribution in [0.5, 0.6) is 0 Å². The van der Waals surface area contributed by atoms with E-state index in [1.165, 1.54) is 32.3 Å². The van der Waals surface area contributed by atoms with Gasteiger partial charge in [-0.25, -0.2) is 0 Å². The number of carbonyl (C=O) groups is 1. The summed E-state index contributed by atoms with van der Waals surface area (Å²) in [5.41, 5.74) is 7.87. The van der Waals surface area contributed by atoms with Crippen molar-refractivity contribution in [1.29, 1.82) is 0 Å². The van der Waals surface area contributed by atoms with E-state index in [9.17, 15) is 4.79 Å². The molecule has 2 N–H and O–H groups in total. The molecule has 1 aromatic rings. The van der Waals surface area contributed by atoms with Gasteiger partial charge < -0.3 is 10.5 Å². The van der Waals surface area contributed by atoms with Crippen molar-refractivity contribution >= 4 is 11.5 Å². The number of nitrogen functional groups attached to an aromatic ring is 1. The summed E-state index contributed by atoms with van der Waals surface area (Å²) < 4.78 is 0. The molecule has 0 amide bonds. The van der Waals surface area contributed by atoms with E-state index in [-0.39, 0.29) is 5.78 Å². The number of nitrogens with two attached hydrogens (primary N) is 1. The van der Waals surface area contributed by atoms with Crippen molar-refractivity contribution in [3.63, 3.8) is 0 Å². The molecule has 76 valence electrons. The van der Waals surface area contributed by atoms with Crippen LogP contribution in [0.2, 0.25) is 0 Å². The summed E-state index contributed by atoms with van der Waals surface area (Å²) in [5.74, 6) is 1.01. The molecule has 1 aliphatic carbocycles. The number of hydrogen-bond donors (Lipinski definition) is 1. The molecule has 0 aliphatic heterocycles. The van der Waals surface area contributed by atoms with Gasteiger partial charge in [-0.15, -0.1) is 0 Å². The Morgan fingerprint density at radius 1 is 1.21 bits per heavy atom. The second-order valence-electron chi connectivity index (χ2n) is 3.85. The average Bonchev–Trinajstić information content (AvgIpc) is 2.87. The fraction of sp³-hybridized carbons (Fsp3) is 0.417. The van der Waals surface area contributed by atoms with Gasteiger partial charge in [0.2, 0.25) is 0 Å². The molecule has 1 fully saturated rings. The molecule has 0 bridgehead atoms. The number of rotatable bonds is 1. The van der Waals surface area contributed by atoms with Gasteiger partial charge in [-0.3, -0.25) is 0 Å². The summed E-state index contributed by atoms with van der Waals surface area (Å²) in [6.45, 7) is 3.06. The first kappa shape index (κ1) is 10.8. The Morgan fingerprint density at radius 2 is 1.64 bits per heavy atom. The molecule has 1 aromatic carbocycles. The minimum Gasteiger partial charge on any atom is -0.399 e. The number of hydrogen-bond acceptors (Lipinski definition) is 2. The van der Waals surface area contributed by atoms with E-state index in [0.717, 1.165) is 11.6 Å². The van der Waals surface area contributed by atoms with Crippen molar-refractivity contribution in [2.45, 2.75) is 32.6 Å². The first-order chi connectivity index (χ1) is 6.59. The van der Waals surface area contributed by atoms with Crippen molar-refractivity contribution in [3.8, 4) is 0 Å². The molecule has 2 nitrogen and oxygen atoms in total. The zero-order valence-corrected chi connectivity index (χ0v) is 8.79. The van der Waals surface area contributed by atoms with Crippen LogP contribution in [0.4, 0.5) is 5.69 Å². The Balaban J connectivity index is 0.000000213. The molecule has 0 radical (unpaired) electrons. The van der Waals surface area contributed by atoms with Crippen molar-refractivity contribution < 1.29 is 4.79 Å². The Labute approximate surface area is 85.1 Å². The summed E-state index contributed by atoms with van der Waals surface area (Å²) in [6.07, 6.45) is 2.73. The van der Waals surface area contributed by atoms with Gasteiger partial charge in [0, 0.05) is 5.69 Å². The third kappa shape index (κ3) is 4.08. The maximum Gasteiger partial charge on any atom is 0.126 e. The molecule has 0 saturated heterocycles. The predicted octanol–water partition coefficient (Wildman–Crippen LogP) is 2.74. The number of carbonyl (C=O) groups excluding carboxylic acids is 1. The highest BCUT2D eigenvalue weighted by Crippen LogP contribution is 2.39. The van der Waals surface area contributed by atoms with Gasteiger partial charge in [0.25, 0.3) is 0 Å². The Bertz CT molecular complexity index is 295. The second kappa shape index (κ2) is 4.80. The van der Waals surface area contributed by atoms with Crippen LogP contribution in [0.3, 0.4) is 0 Å². The highest BCUT2D eigenvalue weighted by molar-refractivity contribution is 5.72. The summed E-state index contributed by atoms with van der Waals surface area (Å²) in [5, 5.41) is 0. The lowest BCUT2D eigenvalue weighted by Crippen LogP contribution is -1.84.